The molecular weight excluding hydrogens is 378 g/mol. The average molecular weight is 428 g/mol. The van der Waals surface area contributed by atoms with E-state index in [2.05, 4.69) is 59.7 Å². The topological polar surface area (TPSA) is 32.6 Å². The van der Waals surface area contributed by atoms with Crippen LogP contribution < -0.4 is 0 Å². The van der Waals surface area contributed by atoms with E-state index in [4.69, 9.17) is 0 Å². The molecule has 0 aliphatic heterocycles. The molecule has 4 rings (SSSR count). The molecule has 7 atom stereocenters. The lowest BCUT2D eigenvalue weighted by Gasteiger charge is -2.63. The molecule has 2 nitrogen and oxygen atoms in total. The van der Waals surface area contributed by atoms with Gasteiger partial charge in [0.1, 0.15) is 0 Å². The molecule has 1 N–H and O–H groups in total. The molecule has 0 saturated heterocycles. The highest BCUT2D eigenvalue weighted by Gasteiger charge is 2.63. The third kappa shape index (κ3) is 3.82. The van der Waals surface area contributed by atoms with Gasteiger partial charge in [-0.25, -0.2) is 0 Å². The summed E-state index contributed by atoms with van der Waals surface area (Å²) in [5, 5.41) is 13.0. The highest BCUT2D eigenvalue weighted by Crippen LogP contribution is 2.71. The zero-order valence-electron chi connectivity index (χ0n) is 21.5. The number of fused-ring (bicyclic) bond motifs is 5. The second-order valence-electron chi connectivity index (χ2n) is 13.6. The maximum Gasteiger partial charge on any atom is 0.0795 e. The molecule has 4 aliphatic rings. The zero-order chi connectivity index (χ0) is 22.6. The summed E-state index contributed by atoms with van der Waals surface area (Å²) >= 11 is 0. The summed E-state index contributed by atoms with van der Waals surface area (Å²) in [5.74, 6) is 5.17. The smallest absolute Gasteiger partial charge is 0.0795 e. The van der Waals surface area contributed by atoms with E-state index >= 15 is 0 Å². The molecule has 0 aromatic carbocycles. The first-order valence-corrected chi connectivity index (χ1v) is 13.4. The summed E-state index contributed by atoms with van der Waals surface area (Å²) in [7, 11) is 0. The third-order valence-electron chi connectivity index (χ3n) is 10.9. The van der Waals surface area contributed by atoms with Crippen molar-refractivity contribution in [1.82, 2.24) is 0 Å². The van der Waals surface area contributed by atoms with Crippen molar-refractivity contribution in [1.29, 1.82) is 0 Å². The fraction of sp³-hybridized carbons (Fsp3) is 0.897. The number of hydrogen-bond acceptors (Lipinski definition) is 2. The van der Waals surface area contributed by atoms with Gasteiger partial charge in [-0.05, 0) is 103 Å². The molecule has 176 valence electrons. The van der Waals surface area contributed by atoms with Gasteiger partial charge in [-0.1, -0.05) is 78.5 Å². The zero-order valence-corrected chi connectivity index (χ0v) is 21.5. The predicted molar refractivity (Wildman–Crippen MR) is 131 cm³/mol. The van der Waals surface area contributed by atoms with Crippen LogP contribution in [-0.4, -0.2) is 10.9 Å². The molecule has 0 unspecified atom stereocenters. The van der Waals surface area contributed by atoms with Gasteiger partial charge in [-0.2, -0.15) is 0 Å². The van der Waals surface area contributed by atoms with Crippen LogP contribution in [0.15, 0.2) is 16.8 Å². The molecule has 0 bridgehead atoms. The van der Waals surface area contributed by atoms with Crippen molar-refractivity contribution in [3.63, 3.8) is 0 Å². The van der Waals surface area contributed by atoms with E-state index in [9.17, 15) is 5.21 Å². The Bertz CT molecular complexity index is 733. The number of rotatable bonds is 5. The van der Waals surface area contributed by atoms with Crippen LogP contribution in [0.4, 0.5) is 0 Å². The van der Waals surface area contributed by atoms with Gasteiger partial charge in [0.15, 0.2) is 0 Å². The van der Waals surface area contributed by atoms with Gasteiger partial charge in [0.2, 0.25) is 0 Å². The lowest BCUT2D eigenvalue weighted by molar-refractivity contribution is -0.110. The maximum atomic E-state index is 9.40. The first-order chi connectivity index (χ1) is 14.5. The molecule has 4 aliphatic carbocycles. The third-order valence-corrected chi connectivity index (χ3v) is 10.9. The molecule has 0 aromatic rings. The van der Waals surface area contributed by atoms with Gasteiger partial charge < -0.3 is 5.21 Å². The molecule has 0 spiro atoms. The molecule has 0 aromatic heterocycles. The van der Waals surface area contributed by atoms with E-state index in [1.165, 1.54) is 57.8 Å². The molecule has 0 radical (unpaired) electrons. The van der Waals surface area contributed by atoms with Gasteiger partial charge in [-0.15, -0.1) is 0 Å². The number of allylic oxidation sites excluding steroid dienone is 2. The number of hydrogen-bond donors (Lipinski definition) is 1. The van der Waals surface area contributed by atoms with Gasteiger partial charge >= 0.3 is 0 Å². The fourth-order valence-electron chi connectivity index (χ4n) is 9.32. The Hall–Kier alpha value is -0.790. The first kappa shape index (κ1) is 23.4. The van der Waals surface area contributed by atoms with E-state index in [1.54, 1.807) is 5.57 Å². The Labute approximate surface area is 192 Å². The van der Waals surface area contributed by atoms with Crippen LogP contribution >= 0.6 is 0 Å². The predicted octanol–water partition coefficient (Wildman–Crippen LogP) is 8.49. The van der Waals surface area contributed by atoms with Crippen molar-refractivity contribution in [2.24, 2.45) is 56.9 Å². The fourth-order valence-corrected chi connectivity index (χ4v) is 9.32. The molecule has 2 heteroatoms. The van der Waals surface area contributed by atoms with E-state index < -0.39 is 0 Å². The van der Waals surface area contributed by atoms with E-state index in [1.807, 2.05) is 0 Å². The quantitative estimate of drug-likeness (QED) is 0.346. The maximum absolute atomic E-state index is 9.40. The standard InChI is InChI=1S/C29H49NO/c1-19(2)9-8-10-20(3)23-11-12-24-26-25(14-16-29(23,24)7)28(6)15-13-22(30-31)17-21(28)18-27(26,4)5/h17,19-20,23-26,31H,8-16,18H2,1-7H3/t20-,23-,24+,25+,26+,28+,29-/m1/s1. The van der Waals surface area contributed by atoms with Crippen LogP contribution in [0.2, 0.25) is 0 Å². The van der Waals surface area contributed by atoms with Crippen molar-refractivity contribution >= 4 is 5.71 Å². The normalized spacial score (nSPS) is 43.9. The summed E-state index contributed by atoms with van der Waals surface area (Å²) in [6.07, 6.45) is 15.5. The SMILES string of the molecule is CC(C)CCC[C@@H](C)[C@H]1CC[C@H]2[C@H]3[C@H](CC[C@]12C)[C@@]1(C)CCC(=NO)C=C1CC3(C)C. The van der Waals surface area contributed by atoms with Crippen LogP contribution in [0.5, 0.6) is 0 Å². The van der Waals surface area contributed by atoms with Crippen LogP contribution in [0, 0.1) is 51.8 Å². The van der Waals surface area contributed by atoms with E-state index in [0.717, 1.165) is 47.6 Å². The minimum absolute atomic E-state index is 0.316. The average Bonchev–Trinajstić information content (AvgIpc) is 3.04. The first-order valence-electron chi connectivity index (χ1n) is 13.4. The summed E-state index contributed by atoms with van der Waals surface area (Å²) < 4.78 is 0. The molecule has 3 saturated carbocycles. The highest BCUT2D eigenvalue weighted by atomic mass is 16.4. The highest BCUT2D eigenvalue weighted by molar-refractivity contribution is 5.96. The second-order valence-corrected chi connectivity index (χ2v) is 13.6. The van der Waals surface area contributed by atoms with Crippen molar-refractivity contribution in [2.45, 2.75) is 113 Å². The van der Waals surface area contributed by atoms with E-state index in [-0.39, 0.29) is 0 Å². The van der Waals surface area contributed by atoms with Gasteiger partial charge in [-0.3, -0.25) is 0 Å². The minimum Gasteiger partial charge on any atom is -0.411 e. The monoisotopic (exact) mass is 427 g/mol. The largest absolute Gasteiger partial charge is 0.411 e. The van der Waals surface area contributed by atoms with Crippen molar-refractivity contribution in [3.05, 3.63) is 11.6 Å². The molecule has 0 amide bonds. The van der Waals surface area contributed by atoms with Crippen LogP contribution in [0.25, 0.3) is 0 Å². The van der Waals surface area contributed by atoms with E-state index in [0.29, 0.717) is 16.2 Å². The summed E-state index contributed by atoms with van der Waals surface area (Å²) in [4.78, 5) is 0. The molecule has 31 heavy (non-hydrogen) atoms. The minimum atomic E-state index is 0.316. The molecular formula is C29H49NO. The lowest BCUT2D eigenvalue weighted by atomic mass is 9.41. The van der Waals surface area contributed by atoms with Crippen molar-refractivity contribution in [3.8, 4) is 0 Å². The van der Waals surface area contributed by atoms with Gasteiger partial charge in [0.05, 0.1) is 5.71 Å². The molecule has 3 fully saturated rings. The molecule has 0 heterocycles. The van der Waals surface area contributed by atoms with Crippen LogP contribution in [0.3, 0.4) is 0 Å². The van der Waals surface area contributed by atoms with Crippen LogP contribution in [0.1, 0.15) is 113 Å². The lowest BCUT2D eigenvalue weighted by Crippen LogP contribution is -2.56. The van der Waals surface area contributed by atoms with Crippen LogP contribution in [-0.2, 0) is 0 Å². The Morgan fingerprint density at radius 3 is 2.42 bits per heavy atom. The Morgan fingerprint density at radius 1 is 1.00 bits per heavy atom. The Balaban J connectivity index is 1.59. The van der Waals surface area contributed by atoms with Crippen molar-refractivity contribution < 1.29 is 5.21 Å². The number of nitrogens with zero attached hydrogens (tertiary/aromatic N) is 1. The van der Waals surface area contributed by atoms with Crippen molar-refractivity contribution in [2.75, 3.05) is 0 Å². The summed E-state index contributed by atoms with van der Waals surface area (Å²) in [6.45, 7) is 17.7. The number of oxime groups is 1. The van der Waals surface area contributed by atoms with Gasteiger partial charge in [0.25, 0.3) is 0 Å². The summed E-state index contributed by atoms with van der Waals surface area (Å²) in [6, 6.07) is 0. The Kier molecular flexibility index (Phi) is 6.19. The Morgan fingerprint density at radius 2 is 1.74 bits per heavy atom. The van der Waals surface area contributed by atoms with Gasteiger partial charge in [0, 0.05) is 0 Å². The summed E-state index contributed by atoms with van der Waals surface area (Å²) in [5.41, 5.74) is 3.68. The second kappa shape index (κ2) is 8.21.